The van der Waals surface area contributed by atoms with E-state index in [1.165, 1.54) is 18.4 Å². The van der Waals surface area contributed by atoms with Gasteiger partial charge in [-0.1, -0.05) is 23.2 Å². The number of aliphatic hydroxyl groups is 1. The predicted octanol–water partition coefficient (Wildman–Crippen LogP) is 3.37. The highest BCUT2D eigenvalue weighted by Crippen LogP contribution is 2.42. The number of hydrogen-bond acceptors (Lipinski definition) is 5. The second-order valence-corrected chi connectivity index (χ2v) is 9.57. The maximum absolute atomic E-state index is 11.6. The molecular weight excluding hydrogens is 409 g/mol. The second-order valence-electron chi connectivity index (χ2n) is 6.71. The third-order valence-electron chi connectivity index (χ3n) is 4.80. The molecular formula is C19H21Cl2NO4S. The van der Waals surface area contributed by atoms with Crippen molar-refractivity contribution in [1.82, 2.24) is 4.90 Å². The van der Waals surface area contributed by atoms with Gasteiger partial charge in [0.25, 0.3) is 0 Å². The molecule has 0 aliphatic heterocycles. The molecule has 0 radical (unpaired) electrons. The lowest BCUT2D eigenvalue weighted by molar-refractivity contribution is 0.0826. The first-order chi connectivity index (χ1) is 12.7. The number of likely N-dealkylation sites (N-methyl/N-ethyl adjacent to an activating group) is 1. The number of sulfone groups is 1. The van der Waals surface area contributed by atoms with Crippen molar-refractivity contribution in [1.29, 1.82) is 0 Å². The first-order valence-corrected chi connectivity index (χ1v) is 11.1. The number of ether oxygens (including phenoxy) is 1. The molecule has 146 valence electrons. The zero-order valence-electron chi connectivity index (χ0n) is 15.0. The van der Waals surface area contributed by atoms with Crippen LogP contribution in [0.15, 0.2) is 41.3 Å². The van der Waals surface area contributed by atoms with Crippen LogP contribution in [-0.2, 0) is 16.3 Å². The number of rotatable bonds is 6. The molecule has 0 fully saturated rings. The highest BCUT2D eigenvalue weighted by atomic mass is 35.5. The molecule has 0 aromatic heterocycles. The van der Waals surface area contributed by atoms with Crippen LogP contribution in [0, 0.1) is 0 Å². The normalized spacial score (nSPS) is 19.3. The van der Waals surface area contributed by atoms with Crippen molar-refractivity contribution in [2.45, 2.75) is 23.5 Å². The minimum absolute atomic E-state index is 0.0299. The van der Waals surface area contributed by atoms with E-state index < -0.39 is 9.84 Å². The molecule has 0 unspecified atom stereocenters. The van der Waals surface area contributed by atoms with Gasteiger partial charge in [-0.25, -0.2) is 8.42 Å². The summed E-state index contributed by atoms with van der Waals surface area (Å²) in [5, 5.41) is 10.4. The Kier molecular flexibility index (Phi) is 6.03. The summed E-state index contributed by atoms with van der Waals surface area (Å²) in [4.78, 5) is 2.27. The largest absolute Gasteiger partial charge is 0.484 e. The van der Waals surface area contributed by atoms with Gasteiger partial charge >= 0.3 is 0 Å². The smallest absolute Gasteiger partial charge is 0.175 e. The average Bonchev–Trinajstić information content (AvgIpc) is 2.94. The van der Waals surface area contributed by atoms with E-state index >= 15 is 0 Å². The number of hydrogen-bond donors (Lipinski definition) is 1. The van der Waals surface area contributed by atoms with Crippen LogP contribution in [0.25, 0.3) is 0 Å². The van der Waals surface area contributed by atoms with Crippen molar-refractivity contribution >= 4 is 33.0 Å². The van der Waals surface area contributed by atoms with Crippen molar-refractivity contribution in [3.8, 4) is 5.75 Å². The van der Waals surface area contributed by atoms with Gasteiger partial charge in [0.1, 0.15) is 11.9 Å². The van der Waals surface area contributed by atoms with Gasteiger partial charge in [-0.2, -0.15) is 0 Å². The lowest BCUT2D eigenvalue weighted by Gasteiger charge is -2.30. The molecule has 2 atom stereocenters. The molecule has 27 heavy (non-hydrogen) atoms. The van der Waals surface area contributed by atoms with Gasteiger partial charge in [0.15, 0.2) is 9.84 Å². The fourth-order valence-electron chi connectivity index (χ4n) is 3.38. The molecule has 0 saturated heterocycles. The number of benzene rings is 2. The first-order valence-electron chi connectivity index (χ1n) is 8.46. The van der Waals surface area contributed by atoms with Crippen molar-refractivity contribution in [3.63, 3.8) is 0 Å². The Labute approximate surface area is 169 Å². The minimum atomic E-state index is -3.26. The zero-order valence-corrected chi connectivity index (χ0v) is 17.4. The predicted molar refractivity (Wildman–Crippen MR) is 107 cm³/mol. The number of aliphatic hydroxyl groups excluding tert-OH is 1. The molecule has 5 nitrogen and oxygen atoms in total. The van der Waals surface area contributed by atoms with Crippen LogP contribution in [-0.4, -0.2) is 50.9 Å². The van der Waals surface area contributed by atoms with Crippen molar-refractivity contribution in [2.75, 3.05) is 26.5 Å². The summed E-state index contributed by atoms with van der Waals surface area (Å²) < 4.78 is 29.5. The molecule has 0 spiro atoms. The van der Waals surface area contributed by atoms with Crippen LogP contribution in [0.1, 0.15) is 17.2 Å². The van der Waals surface area contributed by atoms with Crippen LogP contribution in [0.4, 0.5) is 0 Å². The Morgan fingerprint density at radius 3 is 2.48 bits per heavy atom. The van der Waals surface area contributed by atoms with E-state index in [1.54, 1.807) is 18.2 Å². The summed E-state index contributed by atoms with van der Waals surface area (Å²) in [6.45, 7) is 0.532. The highest BCUT2D eigenvalue weighted by Gasteiger charge is 2.38. The topological polar surface area (TPSA) is 66.8 Å². The zero-order chi connectivity index (χ0) is 19.8. The van der Waals surface area contributed by atoms with Gasteiger partial charge in [0.2, 0.25) is 0 Å². The number of fused-ring (bicyclic) bond motifs is 1. The fourth-order valence-corrected chi connectivity index (χ4v) is 4.60. The monoisotopic (exact) mass is 429 g/mol. The van der Waals surface area contributed by atoms with E-state index in [2.05, 4.69) is 0 Å². The molecule has 2 aromatic rings. The van der Waals surface area contributed by atoms with Crippen molar-refractivity contribution in [3.05, 3.63) is 57.6 Å². The summed E-state index contributed by atoms with van der Waals surface area (Å²) in [5.41, 5.74) is 1.89. The molecule has 0 amide bonds. The van der Waals surface area contributed by atoms with Gasteiger partial charge in [-0.15, -0.1) is 0 Å². The lowest BCUT2D eigenvalue weighted by Crippen LogP contribution is -2.38. The van der Waals surface area contributed by atoms with Gasteiger partial charge in [-0.05, 0) is 55.4 Å². The molecule has 0 saturated carbocycles. The fraction of sp³-hybridized carbons (Fsp3) is 0.368. The van der Waals surface area contributed by atoms with E-state index in [0.29, 0.717) is 28.8 Å². The Morgan fingerprint density at radius 2 is 1.89 bits per heavy atom. The second kappa shape index (κ2) is 7.97. The maximum atomic E-state index is 11.6. The molecule has 2 aromatic carbocycles. The third kappa shape index (κ3) is 4.41. The Balaban J connectivity index is 1.95. The molecule has 1 aliphatic rings. The van der Waals surface area contributed by atoms with Crippen LogP contribution >= 0.6 is 23.2 Å². The van der Waals surface area contributed by atoms with E-state index in [4.69, 9.17) is 27.9 Å². The molecule has 3 rings (SSSR count). The van der Waals surface area contributed by atoms with Gasteiger partial charge < -0.3 is 9.84 Å². The first kappa shape index (κ1) is 20.4. The third-order valence-corrected chi connectivity index (χ3v) is 6.48. The quantitative estimate of drug-likeness (QED) is 0.762. The van der Waals surface area contributed by atoms with Crippen molar-refractivity contribution < 1.29 is 18.3 Å². The SMILES string of the molecule is CN(CCO)[C@H]1Cc2c(Cl)cc(Cl)cc2[C@@H]1Oc1ccc(S(C)(=O)=O)cc1. The summed E-state index contributed by atoms with van der Waals surface area (Å²) in [6, 6.07) is 9.88. The average molecular weight is 430 g/mol. The highest BCUT2D eigenvalue weighted by molar-refractivity contribution is 7.90. The molecule has 1 N–H and O–H groups in total. The van der Waals surface area contributed by atoms with E-state index in [-0.39, 0.29) is 23.6 Å². The Hall–Kier alpha value is -1.31. The minimum Gasteiger partial charge on any atom is -0.484 e. The van der Waals surface area contributed by atoms with Crippen LogP contribution in [0.3, 0.4) is 0 Å². The van der Waals surface area contributed by atoms with Gasteiger partial charge in [0.05, 0.1) is 17.5 Å². The van der Waals surface area contributed by atoms with Crippen LogP contribution < -0.4 is 4.74 Å². The van der Waals surface area contributed by atoms with Crippen LogP contribution in [0.2, 0.25) is 10.0 Å². The Morgan fingerprint density at radius 1 is 1.22 bits per heavy atom. The molecule has 0 bridgehead atoms. The van der Waals surface area contributed by atoms with E-state index in [0.717, 1.165) is 11.1 Å². The van der Waals surface area contributed by atoms with E-state index in [9.17, 15) is 13.5 Å². The standard InChI is InChI=1S/C19H21Cl2NO4S/c1-22(7-8-23)18-11-15-16(9-12(20)10-17(15)21)19(18)26-13-3-5-14(6-4-13)27(2,24)25/h3-6,9-10,18-19,23H,7-8,11H2,1-2H3/t18-,19-/m0/s1. The number of halogens is 2. The van der Waals surface area contributed by atoms with Crippen LogP contribution in [0.5, 0.6) is 5.75 Å². The summed E-state index contributed by atoms with van der Waals surface area (Å²) >= 11 is 12.6. The summed E-state index contributed by atoms with van der Waals surface area (Å²) in [5.74, 6) is 0.554. The van der Waals surface area contributed by atoms with Crippen molar-refractivity contribution in [2.24, 2.45) is 0 Å². The van der Waals surface area contributed by atoms with Gasteiger partial charge in [0, 0.05) is 28.4 Å². The maximum Gasteiger partial charge on any atom is 0.175 e. The molecule has 1 aliphatic carbocycles. The van der Waals surface area contributed by atoms with E-state index in [1.807, 2.05) is 18.0 Å². The summed E-state index contributed by atoms with van der Waals surface area (Å²) in [6.07, 6.45) is 1.50. The molecule has 8 heteroatoms. The lowest BCUT2D eigenvalue weighted by atomic mass is 10.1. The summed E-state index contributed by atoms with van der Waals surface area (Å²) in [7, 11) is -1.34. The Bertz CT molecular complexity index is 931. The number of nitrogens with zero attached hydrogens (tertiary/aromatic N) is 1. The van der Waals surface area contributed by atoms with Gasteiger partial charge in [-0.3, -0.25) is 4.90 Å². The molecule has 0 heterocycles.